The van der Waals surface area contributed by atoms with E-state index in [4.69, 9.17) is 0 Å². The Morgan fingerprint density at radius 2 is 1.73 bits per heavy atom. The predicted molar refractivity (Wildman–Crippen MR) is 106 cm³/mol. The number of rotatable bonds is 13. The smallest absolute Gasteiger partial charge is 0.306 e. The predicted octanol–water partition coefficient (Wildman–Crippen LogP) is 5.01. The number of carboxylic acids is 1. The van der Waals surface area contributed by atoms with Gasteiger partial charge in [-0.2, -0.15) is 0 Å². The van der Waals surface area contributed by atoms with Crippen LogP contribution in [0.3, 0.4) is 0 Å². The molecule has 0 aliphatic heterocycles. The SMILES string of the molecule is CCCCC[C@@H](C(=O)O)[C@@H]1[C@@H](CCC(C)(O)CCCCC)[C@H](C)C[C@@H]1O. The van der Waals surface area contributed by atoms with E-state index in [2.05, 4.69) is 20.8 Å². The van der Waals surface area contributed by atoms with Gasteiger partial charge in [0, 0.05) is 5.92 Å². The highest BCUT2D eigenvalue weighted by Gasteiger charge is 2.46. The van der Waals surface area contributed by atoms with Crippen LogP contribution in [0.4, 0.5) is 0 Å². The van der Waals surface area contributed by atoms with E-state index in [0.29, 0.717) is 25.2 Å². The highest BCUT2D eigenvalue weighted by atomic mass is 16.4. The number of unbranched alkanes of at least 4 members (excludes halogenated alkanes) is 4. The lowest BCUT2D eigenvalue weighted by molar-refractivity contribution is -0.146. The van der Waals surface area contributed by atoms with Crippen LogP contribution in [0.2, 0.25) is 0 Å². The molecule has 0 saturated heterocycles. The Labute approximate surface area is 160 Å². The van der Waals surface area contributed by atoms with Crippen LogP contribution in [0.1, 0.15) is 98.3 Å². The Kier molecular flexibility index (Phi) is 10.2. The summed E-state index contributed by atoms with van der Waals surface area (Å²) in [6, 6.07) is 0. The molecule has 0 spiro atoms. The molecule has 3 N–H and O–H groups in total. The fourth-order valence-electron chi connectivity index (χ4n) is 4.87. The van der Waals surface area contributed by atoms with Crippen LogP contribution in [-0.4, -0.2) is 33.0 Å². The van der Waals surface area contributed by atoms with Gasteiger partial charge in [0.25, 0.3) is 0 Å². The standard InChI is InChI=1S/C22H42O4/c1-5-7-9-11-18(21(24)25)20-17(16(3)15-19(20)23)12-14-22(4,26)13-10-8-6-2/h16-20,23,26H,5-15H2,1-4H3,(H,24,25)/t16-,17+,18-,19+,20+,22?/m1/s1. The van der Waals surface area contributed by atoms with Crippen LogP contribution in [-0.2, 0) is 4.79 Å². The van der Waals surface area contributed by atoms with Crippen molar-refractivity contribution >= 4 is 5.97 Å². The van der Waals surface area contributed by atoms with E-state index < -0.39 is 23.6 Å². The maximum absolute atomic E-state index is 11.9. The Balaban J connectivity index is 2.74. The van der Waals surface area contributed by atoms with Crippen molar-refractivity contribution < 1.29 is 20.1 Å². The second kappa shape index (κ2) is 11.3. The van der Waals surface area contributed by atoms with Crippen molar-refractivity contribution in [2.24, 2.45) is 23.7 Å². The molecule has 1 rings (SSSR count). The lowest BCUT2D eigenvalue weighted by atomic mass is 9.74. The van der Waals surface area contributed by atoms with Crippen LogP contribution in [0.25, 0.3) is 0 Å². The lowest BCUT2D eigenvalue weighted by Gasteiger charge is -2.32. The first-order valence-corrected chi connectivity index (χ1v) is 10.9. The Morgan fingerprint density at radius 3 is 2.31 bits per heavy atom. The van der Waals surface area contributed by atoms with Crippen LogP contribution < -0.4 is 0 Å². The first-order chi connectivity index (χ1) is 12.2. The summed E-state index contributed by atoms with van der Waals surface area (Å²) in [5.74, 6) is -0.902. The van der Waals surface area contributed by atoms with E-state index in [1.807, 2.05) is 6.92 Å². The molecule has 4 heteroatoms. The number of carboxylic acid groups (broad SMARTS) is 1. The largest absolute Gasteiger partial charge is 0.481 e. The summed E-state index contributed by atoms with van der Waals surface area (Å²) >= 11 is 0. The fourth-order valence-corrected chi connectivity index (χ4v) is 4.87. The van der Waals surface area contributed by atoms with Gasteiger partial charge in [-0.05, 0) is 50.9 Å². The van der Waals surface area contributed by atoms with Crippen LogP contribution in [0.5, 0.6) is 0 Å². The highest BCUT2D eigenvalue weighted by molar-refractivity contribution is 5.70. The van der Waals surface area contributed by atoms with Gasteiger partial charge < -0.3 is 15.3 Å². The normalized spacial score (nSPS) is 29.5. The maximum Gasteiger partial charge on any atom is 0.306 e. The van der Waals surface area contributed by atoms with Crippen molar-refractivity contribution in [1.29, 1.82) is 0 Å². The molecule has 0 aromatic carbocycles. The molecule has 4 nitrogen and oxygen atoms in total. The summed E-state index contributed by atoms with van der Waals surface area (Å²) in [6.45, 7) is 8.31. The van der Waals surface area contributed by atoms with E-state index in [1.54, 1.807) is 0 Å². The maximum atomic E-state index is 11.9. The van der Waals surface area contributed by atoms with E-state index in [9.17, 15) is 20.1 Å². The van der Waals surface area contributed by atoms with Gasteiger partial charge in [0.15, 0.2) is 0 Å². The Hall–Kier alpha value is -0.610. The van der Waals surface area contributed by atoms with Gasteiger partial charge >= 0.3 is 5.97 Å². The van der Waals surface area contributed by atoms with E-state index >= 15 is 0 Å². The summed E-state index contributed by atoms with van der Waals surface area (Å²) in [6.07, 6.45) is 9.44. The van der Waals surface area contributed by atoms with Crippen molar-refractivity contribution in [3.8, 4) is 0 Å². The zero-order chi connectivity index (χ0) is 19.7. The number of hydrogen-bond acceptors (Lipinski definition) is 3. The number of aliphatic carboxylic acids is 1. The average Bonchev–Trinajstić information content (AvgIpc) is 2.83. The van der Waals surface area contributed by atoms with Crippen LogP contribution >= 0.6 is 0 Å². The van der Waals surface area contributed by atoms with Gasteiger partial charge in [0.1, 0.15) is 0 Å². The minimum atomic E-state index is -0.765. The highest BCUT2D eigenvalue weighted by Crippen LogP contribution is 2.46. The molecule has 1 aliphatic carbocycles. The zero-order valence-electron chi connectivity index (χ0n) is 17.4. The average molecular weight is 371 g/mol. The van der Waals surface area contributed by atoms with Crippen molar-refractivity contribution in [3.63, 3.8) is 0 Å². The summed E-state index contributed by atoms with van der Waals surface area (Å²) in [5.41, 5.74) is -0.687. The second-order valence-electron chi connectivity index (χ2n) is 8.95. The molecule has 1 saturated carbocycles. The summed E-state index contributed by atoms with van der Waals surface area (Å²) in [4.78, 5) is 11.9. The van der Waals surface area contributed by atoms with E-state index in [0.717, 1.165) is 51.4 Å². The third kappa shape index (κ3) is 7.19. The number of aliphatic hydroxyl groups is 2. The van der Waals surface area contributed by atoms with Crippen molar-refractivity contribution in [3.05, 3.63) is 0 Å². The lowest BCUT2D eigenvalue weighted by Crippen LogP contribution is -2.35. The number of carbonyl (C=O) groups is 1. The van der Waals surface area contributed by atoms with Crippen molar-refractivity contribution in [1.82, 2.24) is 0 Å². The summed E-state index contributed by atoms with van der Waals surface area (Å²) in [7, 11) is 0. The van der Waals surface area contributed by atoms with Gasteiger partial charge in [0.05, 0.1) is 17.6 Å². The first-order valence-electron chi connectivity index (χ1n) is 10.9. The van der Waals surface area contributed by atoms with Gasteiger partial charge in [-0.15, -0.1) is 0 Å². The van der Waals surface area contributed by atoms with Crippen LogP contribution in [0, 0.1) is 23.7 Å². The molecule has 1 unspecified atom stereocenters. The molecule has 6 atom stereocenters. The van der Waals surface area contributed by atoms with Gasteiger partial charge in [0.2, 0.25) is 0 Å². The minimum absolute atomic E-state index is 0.175. The molecule has 0 radical (unpaired) electrons. The quantitative estimate of drug-likeness (QED) is 0.398. The van der Waals surface area contributed by atoms with Crippen molar-refractivity contribution in [2.75, 3.05) is 0 Å². The zero-order valence-corrected chi connectivity index (χ0v) is 17.4. The molecular weight excluding hydrogens is 328 g/mol. The second-order valence-corrected chi connectivity index (χ2v) is 8.95. The van der Waals surface area contributed by atoms with Gasteiger partial charge in [-0.1, -0.05) is 59.3 Å². The molecule has 0 aromatic heterocycles. The monoisotopic (exact) mass is 370 g/mol. The van der Waals surface area contributed by atoms with Gasteiger partial charge in [-0.25, -0.2) is 0 Å². The Bertz CT molecular complexity index is 407. The summed E-state index contributed by atoms with van der Waals surface area (Å²) in [5, 5.41) is 31.0. The Morgan fingerprint density at radius 1 is 1.12 bits per heavy atom. The van der Waals surface area contributed by atoms with Crippen LogP contribution in [0.15, 0.2) is 0 Å². The van der Waals surface area contributed by atoms with E-state index in [-0.39, 0.29) is 11.8 Å². The van der Waals surface area contributed by atoms with Gasteiger partial charge in [-0.3, -0.25) is 4.79 Å². The molecule has 0 aromatic rings. The molecule has 1 fully saturated rings. The number of aliphatic hydroxyl groups excluding tert-OH is 1. The molecule has 1 aliphatic rings. The third-order valence-electron chi connectivity index (χ3n) is 6.52. The first kappa shape index (κ1) is 23.4. The molecular formula is C22H42O4. The fraction of sp³-hybridized carbons (Fsp3) is 0.955. The topological polar surface area (TPSA) is 77.8 Å². The van der Waals surface area contributed by atoms with Crippen molar-refractivity contribution in [2.45, 2.75) is 110 Å². The molecule has 26 heavy (non-hydrogen) atoms. The molecule has 0 amide bonds. The third-order valence-corrected chi connectivity index (χ3v) is 6.52. The van der Waals surface area contributed by atoms with E-state index in [1.165, 1.54) is 0 Å². The number of hydrogen-bond donors (Lipinski definition) is 3. The molecule has 0 heterocycles. The summed E-state index contributed by atoms with van der Waals surface area (Å²) < 4.78 is 0. The molecule has 154 valence electrons. The minimum Gasteiger partial charge on any atom is -0.481 e. The molecule has 0 bridgehead atoms.